The van der Waals surface area contributed by atoms with Gasteiger partial charge in [-0.3, -0.25) is 0 Å². The Labute approximate surface area is 140 Å². The standard InChI is InChI=1S/C17H17N5S/c1-3-9-18-17(23)20-13-10-15-12(2)21-22(16(15)19-11-13)14-7-5-4-6-8-14/h3-8,10-11H,1,9H2,2H3,(H2,18,20,23). The Morgan fingerprint density at radius 3 is 2.87 bits per heavy atom. The molecule has 0 saturated carbocycles. The molecule has 0 saturated heterocycles. The molecule has 2 heterocycles. The summed E-state index contributed by atoms with van der Waals surface area (Å²) in [5, 5.41) is 12.3. The van der Waals surface area contributed by atoms with E-state index in [0.717, 1.165) is 28.1 Å². The van der Waals surface area contributed by atoms with Crippen LogP contribution in [0.5, 0.6) is 0 Å². The van der Waals surface area contributed by atoms with Gasteiger partial charge in [0.2, 0.25) is 0 Å². The van der Waals surface area contributed by atoms with Crippen molar-refractivity contribution in [2.45, 2.75) is 6.92 Å². The van der Waals surface area contributed by atoms with Gasteiger partial charge in [-0.2, -0.15) is 5.10 Å². The van der Waals surface area contributed by atoms with E-state index in [-0.39, 0.29) is 0 Å². The van der Waals surface area contributed by atoms with E-state index in [2.05, 4.69) is 27.3 Å². The summed E-state index contributed by atoms with van der Waals surface area (Å²) in [4.78, 5) is 4.54. The maximum atomic E-state index is 5.22. The van der Waals surface area contributed by atoms with Crippen molar-refractivity contribution in [1.82, 2.24) is 20.1 Å². The van der Waals surface area contributed by atoms with Gasteiger partial charge in [0, 0.05) is 11.9 Å². The van der Waals surface area contributed by atoms with Crippen LogP contribution in [0.1, 0.15) is 5.69 Å². The monoisotopic (exact) mass is 323 g/mol. The number of rotatable bonds is 4. The van der Waals surface area contributed by atoms with Gasteiger partial charge in [-0.25, -0.2) is 9.67 Å². The van der Waals surface area contributed by atoms with E-state index in [9.17, 15) is 0 Å². The molecule has 0 atom stereocenters. The highest BCUT2D eigenvalue weighted by atomic mass is 32.1. The van der Waals surface area contributed by atoms with Gasteiger partial charge in [-0.1, -0.05) is 24.3 Å². The summed E-state index contributed by atoms with van der Waals surface area (Å²) >= 11 is 5.22. The highest BCUT2D eigenvalue weighted by molar-refractivity contribution is 7.80. The molecule has 5 nitrogen and oxygen atoms in total. The van der Waals surface area contributed by atoms with Gasteiger partial charge in [0.1, 0.15) is 0 Å². The van der Waals surface area contributed by atoms with E-state index in [1.54, 1.807) is 12.3 Å². The van der Waals surface area contributed by atoms with Crippen LogP contribution in [0, 0.1) is 6.92 Å². The topological polar surface area (TPSA) is 54.8 Å². The number of hydrogen-bond acceptors (Lipinski definition) is 3. The van der Waals surface area contributed by atoms with E-state index in [1.807, 2.05) is 48.0 Å². The smallest absolute Gasteiger partial charge is 0.171 e. The zero-order valence-electron chi connectivity index (χ0n) is 12.8. The molecule has 0 bridgehead atoms. The summed E-state index contributed by atoms with van der Waals surface area (Å²) in [6.45, 7) is 6.24. The summed E-state index contributed by atoms with van der Waals surface area (Å²) in [6.07, 6.45) is 3.51. The lowest BCUT2D eigenvalue weighted by atomic mass is 10.2. The fourth-order valence-corrected chi connectivity index (χ4v) is 2.50. The molecule has 23 heavy (non-hydrogen) atoms. The zero-order valence-corrected chi connectivity index (χ0v) is 13.6. The molecular weight excluding hydrogens is 306 g/mol. The average Bonchev–Trinajstić information content (AvgIpc) is 2.90. The SMILES string of the molecule is C=CCNC(=S)Nc1cnc2c(c1)c(C)nn2-c1ccccc1. The number of fused-ring (bicyclic) bond motifs is 1. The van der Waals surface area contributed by atoms with Crippen molar-refractivity contribution < 1.29 is 0 Å². The number of anilines is 1. The number of thiocarbonyl (C=S) groups is 1. The summed E-state index contributed by atoms with van der Waals surface area (Å²) in [5.41, 5.74) is 3.56. The van der Waals surface area contributed by atoms with Crippen molar-refractivity contribution in [1.29, 1.82) is 0 Å². The van der Waals surface area contributed by atoms with Crippen LogP contribution in [0.3, 0.4) is 0 Å². The summed E-state index contributed by atoms with van der Waals surface area (Å²) < 4.78 is 1.85. The second-order valence-corrected chi connectivity index (χ2v) is 5.46. The van der Waals surface area contributed by atoms with Gasteiger partial charge in [0.05, 0.1) is 23.3 Å². The van der Waals surface area contributed by atoms with Crippen LogP contribution in [-0.4, -0.2) is 26.4 Å². The first-order valence-electron chi connectivity index (χ1n) is 7.25. The Kier molecular flexibility index (Phi) is 4.34. The maximum Gasteiger partial charge on any atom is 0.171 e. The first-order valence-corrected chi connectivity index (χ1v) is 7.66. The summed E-state index contributed by atoms with van der Waals surface area (Å²) in [6, 6.07) is 12.0. The van der Waals surface area contributed by atoms with E-state index >= 15 is 0 Å². The van der Waals surface area contributed by atoms with Gasteiger partial charge in [0.15, 0.2) is 10.8 Å². The molecule has 2 N–H and O–H groups in total. The maximum absolute atomic E-state index is 5.22. The second-order valence-electron chi connectivity index (χ2n) is 5.05. The first-order chi connectivity index (χ1) is 11.2. The van der Waals surface area contributed by atoms with Crippen LogP contribution in [0.4, 0.5) is 5.69 Å². The molecule has 3 rings (SSSR count). The fraction of sp³-hybridized carbons (Fsp3) is 0.118. The second kappa shape index (κ2) is 6.58. The molecule has 0 radical (unpaired) electrons. The minimum absolute atomic E-state index is 0.541. The number of para-hydroxylation sites is 1. The third kappa shape index (κ3) is 3.22. The Bertz CT molecular complexity index is 854. The number of pyridine rings is 1. The molecule has 116 valence electrons. The number of benzene rings is 1. The van der Waals surface area contributed by atoms with Crippen molar-refractivity contribution >= 4 is 34.1 Å². The number of nitrogens with zero attached hydrogens (tertiary/aromatic N) is 3. The number of aromatic nitrogens is 3. The predicted molar refractivity (Wildman–Crippen MR) is 98.0 cm³/mol. The highest BCUT2D eigenvalue weighted by Crippen LogP contribution is 2.22. The normalized spacial score (nSPS) is 10.5. The van der Waals surface area contributed by atoms with Crippen LogP contribution in [-0.2, 0) is 0 Å². The van der Waals surface area contributed by atoms with Crippen molar-refractivity contribution in [3.05, 3.63) is 60.9 Å². The number of hydrogen-bond donors (Lipinski definition) is 2. The average molecular weight is 323 g/mol. The molecule has 0 unspecified atom stereocenters. The van der Waals surface area contributed by atoms with Crippen molar-refractivity contribution in [2.75, 3.05) is 11.9 Å². The van der Waals surface area contributed by atoms with Gasteiger partial charge in [-0.05, 0) is 37.3 Å². The third-order valence-corrected chi connectivity index (χ3v) is 3.62. The largest absolute Gasteiger partial charge is 0.359 e. The van der Waals surface area contributed by atoms with E-state index in [0.29, 0.717) is 11.7 Å². The van der Waals surface area contributed by atoms with Gasteiger partial charge in [0.25, 0.3) is 0 Å². The van der Waals surface area contributed by atoms with E-state index in [4.69, 9.17) is 12.2 Å². The van der Waals surface area contributed by atoms with Gasteiger partial charge in [-0.15, -0.1) is 6.58 Å². The van der Waals surface area contributed by atoms with Gasteiger partial charge < -0.3 is 10.6 Å². The molecule has 1 aromatic carbocycles. The summed E-state index contributed by atoms with van der Waals surface area (Å²) in [5.74, 6) is 0. The molecule has 0 fully saturated rings. The van der Waals surface area contributed by atoms with Crippen molar-refractivity contribution in [3.8, 4) is 5.69 Å². The molecule has 0 spiro atoms. The lowest BCUT2D eigenvalue weighted by molar-refractivity contribution is 0.878. The zero-order chi connectivity index (χ0) is 16.2. The molecule has 2 aromatic heterocycles. The summed E-state index contributed by atoms with van der Waals surface area (Å²) in [7, 11) is 0. The Morgan fingerprint density at radius 1 is 1.35 bits per heavy atom. The van der Waals surface area contributed by atoms with E-state index in [1.165, 1.54) is 0 Å². The molecule has 0 aliphatic rings. The Hall–Kier alpha value is -2.73. The van der Waals surface area contributed by atoms with Crippen LogP contribution < -0.4 is 10.6 Å². The first kappa shape index (κ1) is 15.2. The number of aryl methyl sites for hydroxylation is 1. The Morgan fingerprint density at radius 2 is 2.13 bits per heavy atom. The lowest BCUT2D eigenvalue weighted by Crippen LogP contribution is -2.28. The quantitative estimate of drug-likeness (QED) is 0.570. The third-order valence-electron chi connectivity index (χ3n) is 3.37. The van der Waals surface area contributed by atoms with Crippen LogP contribution in [0.25, 0.3) is 16.7 Å². The molecule has 6 heteroatoms. The Balaban J connectivity index is 1.94. The predicted octanol–water partition coefficient (Wildman–Crippen LogP) is 3.20. The van der Waals surface area contributed by atoms with Crippen molar-refractivity contribution in [2.24, 2.45) is 0 Å². The van der Waals surface area contributed by atoms with Crippen LogP contribution in [0.2, 0.25) is 0 Å². The fourth-order valence-electron chi connectivity index (χ4n) is 2.30. The molecule has 0 aliphatic carbocycles. The van der Waals surface area contributed by atoms with Crippen LogP contribution in [0.15, 0.2) is 55.3 Å². The molecule has 0 aliphatic heterocycles. The molecular formula is C17H17N5S. The molecule has 0 amide bonds. The number of nitrogens with one attached hydrogen (secondary N) is 2. The minimum atomic E-state index is 0.541. The highest BCUT2D eigenvalue weighted by Gasteiger charge is 2.11. The minimum Gasteiger partial charge on any atom is -0.359 e. The lowest BCUT2D eigenvalue weighted by Gasteiger charge is -2.09. The van der Waals surface area contributed by atoms with Crippen molar-refractivity contribution in [3.63, 3.8) is 0 Å². The van der Waals surface area contributed by atoms with Gasteiger partial charge >= 0.3 is 0 Å². The van der Waals surface area contributed by atoms with E-state index < -0.39 is 0 Å². The van der Waals surface area contributed by atoms with Crippen LogP contribution >= 0.6 is 12.2 Å². The molecule has 3 aromatic rings.